The molecular formula is C10H10N2O. The summed E-state index contributed by atoms with van der Waals surface area (Å²) in [5, 5.41) is 0. The van der Waals surface area contributed by atoms with E-state index in [1.165, 1.54) is 0 Å². The molecule has 0 amide bonds. The van der Waals surface area contributed by atoms with Crippen molar-refractivity contribution in [2.45, 2.75) is 6.54 Å². The molecule has 2 heterocycles. The van der Waals surface area contributed by atoms with Gasteiger partial charge in [0.2, 0.25) is 0 Å². The average molecular weight is 174 g/mol. The molecule has 0 aliphatic carbocycles. The Kier molecular flexibility index (Phi) is 2.10. The summed E-state index contributed by atoms with van der Waals surface area (Å²) in [6.45, 7) is 0.509. The van der Waals surface area contributed by atoms with E-state index in [4.69, 9.17) is 10.2 Å². The van der Waals surface area contributed by atoms with Gasteiger partial charge in [0.15, 0.2) is 0 Å². The molecule has 0 unspecified atom stereocenters. The van der Waals surface area contributed by atoms with Crippen LogP contribution in [0, 0.1) is 0 Å². The molecule has 2 aromatic rings. The van der Waals surface area contributed by atoms with Gasteiger partial charge in [-0.1, -0.05) is 0 Å². The van der Waals surface area contributed by atoms with Crippen LogP contribution in [0.4, 0.5) is 0 Å². The summed E-state index contributed by atoms with van der Waals surface area (Å²) < 4.78 is 5.33. The van der Waals surface area contributed by atoms with Gasteiger partial charge < -0.3 is 10.2 Å². The van der Waals surface area contributed by atoms with Crippen molar-refractivity contribution in [1.29, 1.82) is 0 Å². The Morgan fingerprint density at radius 1 is 1.31 bits per heavy atom. The molecule has 3 heteroatoms. The molecule has 0 saturated heterocycles. The Hall–Kier alpha value is -1.61. The van der Waals surface area contributed by atoms with Crippen LogP contribution >= 0.6 is 0 Å². The number of pyridine rings is 1. The van der Waals surface area contributed by atoms with Crippen molar-refractivity contribution in [3.05, 3.63) is 42.4 Å². The van der Waals surface area contributed by atoms with Gasteiger partial charge in [0.1, 0.15) is 5.76 Å². The van der Waals surface area contributed by atoms with Crippen molar-refractivity contribution in [3.8, 4) is 11.3 Å². The largest absolute Gasteiger partial charge is 0.464 e. The van der Waals surface area contributed by atoms with E-state index in [2.05, 4.69) is 4.98 Å². The Bertz CT molecular complexity index is 381. The first kappa shape index (κ1) is 8.01. The molecule has 0 aliphatic heterocycles. The van der Waals surface area contributed by atoms with E-state index in [1.54, 1.807) is 18.7 Å². The minimum atomic E-state index is 0.509. The third-order valence-corrected chi connectivity index (χ3v) is 1.85. The molecule has 2 aromatic heterocycles. The molecule has 0 atom stereocenters. The Labute approximate surface area is 76.2 Å². The second-order valence-corrected chi connectivity index (χ2v) is 2.76. The lowest BCUT2D eigenvalue weighted by Crippen LogP contribution is -1.92. The summed E-state index contributed by atoms with van der Waals surface area (Å²) in [7, 11) is 0. The van der Waals surface area contributed by atoms with Gasteiger partial charge in [-0.25, -0.2) is 0 Å². The zero-order valence-corrected chi connectivity index (χ0v) is 7.10. The summed E-state index contributed by atoms with van der Waals surface area (Å²) in [5.41, 5.74) is 7.50. The second-order valence-electron chi connectivity index (χ2n) is 2.76. The van der Waals surface area contributed by atoms with Crippen LogP contribution in [0.1, 0.15) is 5.56 Å². The molecule has 13 heavy (non-hydrogen) atoms. The molecule has 0 bridgehead atoms. The summed E-state index contributed by atoms with van der Waals surface area (Å²) in [4.78, 5) is 3.93. The fraction of sp³-hybridized carbons (Fsp3) is 0.100. The molecule has 0 aromatic carbocycles. The van der Waals surface area contributed by atoms with E-state index >= 15 is 0 Å². The van der Waals surface area contributed by atoms with Gasteiger partial charge in [-0.05, 0) is 18.2 Å². The molecular weight excluding hydrogens is 164 g/mol. The number of aromatic nitrogens is 1. The van der Waals surface area contributed by atoms with E-state index in [9.17, 15) is 0 Å². The molecule has 0 saturated carbocycles. The first-order valence-corrected chi connectivity index (χ1v) is 4.08. The fourth-order valence-corrected chi connectivity index (χ4v) is 1.15. The first-order valence-electron chi connectivity index (χ1n) is 4.08. The van der Waals surface area contributed by atoms with Gasteiger partial charge in [-0.3, -0.25) is 4.98 Å². The highest BCUT2D eigenvalue weighted by molar-refractivity contribution is 5.56. The lowest BCUT2D eigenvalue weighted by molar-refractivity contribution is 0.578. The SMILES string of the molecule is NCc1coc(-c2ccncc2)c1. The van der Waals surface area contributed by atoms with Crippen LogP contribution < -0.4 is 5.73 Å². The number of hydrogen-bond donors (Lipinski definition) is 1. The van der Waals surface area contributed by atoms with Crippen LogP contribution in [0.15, 0.2) is 41.3 Å². The van der Waals surface area contributed by atoms with E-state index in [-0.39, 0.29) is 0 Å². The fourth-order valence-electron chi connectivity index (χ4n) is 1.15. The quantitative estimate of drug-likeness (QED) is 0.755. The number of furan rings is 1. The van der Waals surface area contributed by atoms with Crippen molar-refractivity contribution in [2.75, 3.05) is 0 Å². The third-order valence-electron chi connectivity index (χ3n) is 1.85. The average Bonchev–Trinajstić information content (AvgIpc) is 2.67. The molecule has 0 spiro atoms. The maximum atomic E-state index is 5.47. The highest BCUT2D eigenvalue weighted by atomic mass is 16.3. The van der Waals surface area contributed by atoms with Gasteiger partial charge in [0.05, 0.1) is 6.26 Å². The molecule has 0 aliphatic rings. The maximum absolute atomic E-state index is 5.47. The van der Waals surface area contributed by atoms with Crippen LogP contribution in [-0.4, -0.2) is 4.98 Å². The van der Waals surface area contributed by atoms with Gasteiger partial charge in [-0.2, -0.15) is 0 Å². The van der Waals surface area contributed by atoms with E-state index < -0.39 is 0 Å². The van der Waals surface area contributed by atoms with Crippen LogP contribution in [0.3, 0.4) is 0 Å². The maximum Gasteiger partial charge on any atom is 0.134 e. The number of hydrogen-bond acceptors (Lipinski definition) is 3. The predicted molar refractivity (Wildman–Crippen MR) is 49.8 cm³/mol. The van der Waals surface area contributed by atoms with E-state index in [0.29, 0.717) is 6.54 Å². The molecule has 0 fully saturated rings. The summed E-state index contributed by atoms with van der Waals surface area (Å²) in [5.74, 6) is 0.836. The van der Waals surface area contributed by atoms with Crippen LogP contribution in [0.25, 0.3) is 11.3 Å². The predicted octanol–water partition coefficient (Wildman–Crippen LogP) is 1.80. The smallest absolute Gasteiger partial charge is 0.134 e. The summed E-state index contributed by atoms with van der Waals surface area (Å²) >= 11 is 0. The Morgan fingerprint density at radius 2 is 2.08 bits per heavy atom. The van der Waals surface area contributed by atoms with Crippen molar-refractivity contribution >= 4 is 0 Å². The first-order chi connectivity index (χ1) is 6.40. The third kappa shape index (κ3) is 1.60. The van der Waals surface area contributed by atoms with Crippen LogP contribution in [-0.2, 0) is 6.54 Å². The summed E-state index contributed by atoms with van der Waals surface area (Å²) in [6.07, 6.45) is 5.15. The van der Waals surface area contributed by atoms with Gasteiger partial charge in [0, 0.05) is 30.1 Å². The monoisotopic (exact) mass is 174 g/mol. The molecule has 2 N–H and O–H groups in total. The molecule has 66 valence electrons. The molecule has 2 rings (SSSR count). The van der Waals surface area contributed by atoms with Crippen molar-refractivity contribution < 1.29 is 4.42 Å². The van der Waals surface area contributed by atoms with Crippen molar-refractivity contribution in [3.63, 3.8) is 0 Å². The zero-order valence-electron chi connectivity index (χ0n) is 7.10. The van der Waals surface area contributed by atoms with Crippen molar-refractivity contribution in [1.82, 2.24) is 4.98 Å². The Balaban J connectivity index is 2.36. The van der Waals surface area contributed by atoms with Gasteiger partial charge in [-0.15, -0.1) is 0 Å². The number of nitrogens with two attached hydrogens (primary N) is 1. The number of rotatable bonds is 2. The number of nitrogens with zero attached hydrogens (tertiary/aromatic N) is 1. The lowest BCUT2D eigenvalue weighted by atomic mass is 10.2. The second kappa shape index (κ2) is 3.41. The van der Waals surface area contributed by atoms with Gasteiger partial charge in [0.25, 0.3) is 0 Å². The Morgan fingerprint density at radius 3 is 2.69 bits per heavy atom. The standard InChI is InChI=1S/C10H10N2O/c11-6-8-5-10(13-7-8)9-1-3-12-4-2-9/h1-5,7H,6,11H2. The minimum Gasteiger partial charge on any atom is -0.464 e. The highest BCUT2D eigenvalue weighted by Gasteiger charge is 2.01. The van der Waals surface area contributed by atoms with Gasteiger partial charge >= 0.3 is 0 Å². The van der Waals surface area contributed by atoms with Crippen LogP contribution in [0.5, 0.6) is 0 Å². The molecule has 3 nitrogen and oxygen atoms in total. The summed E-state index contributed by atoms with van der Waals surface area (Å²) in [6, 6.07) is 5.74. The normalized spacial score (nSPS) is 10.2. The molecule has 0 radical (unpaired) electrons. The highest BCUT2D eigenvalue weighted by Crippen LogP contribution is 2.20. The topological polar surface area (TPSA) is 52.0 Å². The van der Waals surface area contributed by atoms with E-state index in [1.807, 2.05) is 18.2 Å². The lowest BCUT2D eigenvalue weighted by Gasteiger charge is -1.92. The zero-order chi connectivity index (χ0) is 9.10. The van der Waals surface area contributed by atoms with E-state index in [0.717, 1.165) is 16.9 Å². The van der Waals surface area contributed by atoms with Crippen LogP contribution in [0.2, 0.25) is 0 Å². The van der Waals surface area contributed by atoms with Crippen molar-refractivity contribution in [2.24, 2.45) is 5.73 Å². The minimum absolute atomic E-state index is 0.509.